The number of hydrogen-bond acceptors (Lipinski definition) is 3. The van der Waals surface area contributed by atoms with Crippen LogP contribution in [0.5, 0.6) is 0 Å². The SMILES string of the molecule is O=C(/C=C(\O)NC1CCCCC1)NC1CCCCC1. The number of rotatable bonds is 4. The van der Waals surface area contributed by atoms with E-state index >= 15 is 0 Å². The molecule has 0 aliphatic heterocycles. The Hall–Kier alpha value is -1.19. The Morgan fingerprint density at radius 2 is 1.32 bits per heavy atom. The number of carbonyl (C=O) groups is 1. The fourth-order valence-electron chi connectivity index (χ4n) is 3.11. The molecule has 0 aromatic rings. The minimum absolute atomic E-state index is 0.0141. The molecule has 4 nitrogen and oxygen atoms in total. The molecule has 2 aliphatic carbocycles. The fraction of sp³-hybridized carbons (Fsp3) is 0.800. The highest BCUT2D eigenvalue weighted by molar-refractivity contribution is 5.88. The maximum absolute atomic E-state index is 11.8. The molecule has 0 saturated heterocycles. The highest BCUT2D eigenvalue weighted by Crippen LogP contribution is 2.18. The van der Waals surface area contributed by atoms with Gasteiger partial charge in [-0.2, -0.15) is 0 Å². The van der Waals surface area contributed by atoms with Crippen molar-refractivity contribution in [1.82, 2.24) is 10.6 Å². The lowest BCUT2D eigenvalue weighted by Gasteiger charge is -2.24. The van der Waals surface area contributed by atoms with E-state index in [2.05, 4.69) is 10.6 Å². The van der Waals surface area contributed by atoms with Crippen LogP contribution in [0.15, 0.2) is 12.0 Å². The molecule has 0 unspecified atom stereocenters. The van der Waals surface area contributed by atoms with Crippen LogP contribution in [0.25, 0.3) is 0 Å². The van der Waals surface area contributed by atoms with E-state index in [9.17, 15) is 9.90 Å². The number of aliphatic hydroxyl groups is 1. The minimum atomic E-state index is -0.173. The van der Waals surface area contributed by atoms with Gasteiger partial charge in [0.25, 0.3) is 0 Å². The standard InChI is InChI=1S/C15H26N2O2/c18-14(16-12-7-3-1-4-8-12)11-15(19)17-13-9-5-2-6-10-13/h11-13,16,18H,1-10H2,(H,17,19)/b14-11-. The van der Waals surface area contributed by atoms with E-state index in [1.165, 1.54) is 44.6 Å². The molecule has 2 fully saturated rings. The Morgan fingerprint density at radius 1 is 0.842 bits per heavy atom. The zero-order valence-electron chi connectivity index (χ0n) is 11.7. The third-order valence-corrected chi connectivity index (χ3v) is 4.18. The molecule has 108 valence electrons. The van der Waals surface area contributed by atoms with Gasteiger partial charge < -0.3 is 15.7 Å². The quantitative estimate of drug-likeness (QED) is 0.541. The molecular weight excluding hydrogens is 240 g/mol. The second-order valence-electron chi connectivity index (χ2n) is 5.85. The molecular formula is C15H26N2O2. The van der Waals surface area contributed by atoms with Crippen LogP contribution in [0, 0.1) is 0 Å². The molecule has 19 heavy (non-hydrogen) atoms. The minimum Gasteiger partial charge on any atom is -0.495 e. The Balaban J connectivity index is 1.73. The summed E-state index contributed by atoms with van der Waals surface area (Å²) >= 11 is 0. The average molecular weight is 266 g/mol. The summed E-state index contributed by atoms with van der Waals surface area (Å²) in [4.78, 5) is 11.8. The number of carbonyl (C=O) groups excluding carboxylic acids is 1. The number of nitrogens with one attached hydrogen (secondary N) is 2. The third-order valence-electron chi connectivity index (χ3n) is 4.18. The molecule has 0 heterocycles. The molecule has 0 radical (unpaired) electrons. The first-order valence-electron chi connectivity index (χ1n) is 7.72. The van der Waals surface area contributed by atoms with Gasteiger partial charge in [0.1, 0.15) is 0 Å². The average Bonchev–Trinajstić information content (AvgIpc) is 2.40. The topological polar surface area (TPSA) is 61.4 Å². The summed E-state index contributed by atoms with van der Waals surface area (Å²) in [6.07, 6.45) is 13.0. The van der Waals surface area contributed by atoms with Gasteiger partial charge in [0.05, 0.1) is 6.08 Å². The van der Waals surface area contributed by atoms with Crippen molar-refractivity contribution in [2.45, 2.75) is 76.3 Å². The maximum atomic E-state index is 11.8. The van der Waals surface area contributed by atoms with Gasteiger partial charge in [0.15, 0.2) is 5.88 Å². The van der Waals surface area contributed by atoms with Crippen LogP contribution in [0.4, 0.5) is 0 Å². The number of hydrogen-bond donors (Lipinski definition) is 3. The Bertz CT molecular complexity index is 316. The first-order valence-corrected chi connectivity index (χ1v) is 7.72. The molecule has 0 aromatic heterocycles. The zero-order valence-corrected chi connectivity index (χ0v) is 11.7. The molecule has 0 spiro atoms. The molecule has 2 saturated carbocycles. The van der Waals surface area contributed by atoms with Crippen molar-refractivity contribution in [3.8, 4) is 0 Å². The van der Waals surface area contributed by atoms with E-state index in [0.29, 0.717) is 12.1 Å². The molecule has 1 amide bonds. The van der Waals surface area contributed by atoms with Gasteiger partial charge in [-0.05, 0) is 25.7 Å². The molecule has 4 heteroatoms. The molecule has 3 N–H and O–H groups in total. The fourth-order valence-corrected chi connectivity index (χ4v) is 3.11. The van der Waals surface area contributed by atoms with Gasteiger partial charge >= 0.3 is 0 Å². The lowest BCUT2D eigenvalue weighted by Crippen LogP contribution is -2.36. The normalized spacial score (nSPS) is 23.1. The van der Waals surface area contributed by atoms with Gasteiger partial charge in [-0.25, -0.2) is 0 Å². The van der Waals surface area contributed by atoms with Crippen LogP contribution >= 0.6 is 0 Å². The van der Waals surface area contributed by atoms with Crippen LogP contribution in [-0.2, 0) is 4.79 Å². The van der Waals surface area contributed by atoms with E-state index in [1.54, 1.807) is 0 Å². The summed E-state index contributed by atoms with van der Waals surface area (Å²) in [6, 6.07) is 0.618. The molecule has 0 bridgehead atoms. The van der Waals surface area contributed by atoms with Gasteiger partial charge in [-0.15, -0.1) is 0 Å². The van der Waals surface area contributed by atoms with Crippen LogP contribution in [0.1, 0.15) is 64.2 Å². The van der Waals surface area contributed by atoms with Gasteiger partial charge in [0, 0.05) is 12.1 Å². The first kappa shape index (κ1) is 14.2. The summed E-state index contributed by atoms with van der Waals surface area (Å²) in [5.74, 6) is -0.159. The number of aliphatic hydroxyl groups excluding tert-OH is 1. The van der Waals surface area contributed by atoms with E-state index < -0.39 is 0 Å². The lowest BCUT2D eigenvalue weighted by atomic mass is 9.95. The maximum Gasteiger partial charge on any atom is 0.249 e. The monoisotopic (exact) mass is 266 g/mol. The van der Waals surface area contributed by atoms with Gasteiger partial charge in [-0.1, -0.05) is 38.5 Å². The van der Waals surface area contributed by atoms with Crippen molar-refractivity contribution in [2.24, 2.45) is 0 Å². The second-order valence-corrected chi connectivity index (χ2v) is 5.85. The number of amides is 1. The third kappa shape index (κ3) is 5.13. The molecule has 2 aliphatic rings. The van der Waals surface area contributed by atoms with E-state index in [-0.39, 0.29) is 11.8 Å². The Kier molecular flexibility index (Phi) is 5.55. The van der Waals surface area contributed by atoms with Gasteiger partial charge in [0.2, 0.25) is 5.91 Å². The lowest BCUT2D eigenvalue weighted by molar-refractivity contribution is -0.117. The summed E-state index contributed by atoms with van der Waals surface area (Å²) in [6.45, 7) is 0. The summed E-state index contributed by atoms with van der Waals surface area (Å²) < 4.78 is 0. The summed E-state index contributed by atoms with van der Waals surface area (Å²) in [5.41, 5.74) is 0. The smallest absolute Gasteiger partial charge is 0.249 e. The summed E-state index contributed by atoms with van der Waals surface area (Å²) in [7, 11) is 0. The van der Waals surface area contributed by atoms with Crippen molar-refractivity contribution in [3.05, 3.63) is 12.0 Å². The Labute approximate surface area is 115 Å². The Morgan fingerprint density at radius 3 is 1.84 bits per heavy atom. The van der Waals surface area contributed by atoms with Crippen molar-refractivity contribution >= 4 is 5.91 Å². The van der Waals surface area contributed by atoms with Crippen LogP contribution in [-0.4, -0.2) is 23.1 Å². The second kappa shape index (κ2) is 7.41. The van der Waals surface area contributed by atoms with Crippen LogP contribution < -0.4 is 10.6 Å². The highest BCUT2D eigenvalue weighted by Gasteiger charge is 2.16. The highest BCUT2D eigenvalue weighted by atomic mass is 16.3. The zero-order chi connectivity index (χ0) is 13.5. The van der Waals surface area contributed by atoms with Crippen molar-refractivity contribution in [1.29, 1.82) is 0 Å². The van der Waals surface area contributed by atoms with E-state index in [0.717, 1.165) is 25.7 Å². The van der Waals surface area contributed by atoms with Crippen LogP contribution in [0.3, 0.4) is 0 Å². The van der Waals surface area contributed by atoms with Crippen LogP contribution in [0.2, 0.25) is 0 Å². The van der Waals surface area contributed by atoms with Crippen molar-refractivity contribution in [2.75, 3.05) is 0 Å². The molecule has 0 atom stereocenters. The van der Waals surface area contributed by atoms with Gasteiger partial charge in [-0.3, -0.25) is 4.79 Å². The van der Waals surface area contributed by atoms with Crippen molar-refractivity contribution < 1.29 is 9.90 Å². The van der Waals surface area contributed by atoms with E-state index in [4.69, 9.17) is 0 Å². The first-order chi connectivity index (χ1) is 9.24. The summed E-state index contributed by atoms with van der Waals surface area (Å²) in [5, 5.41) is 15.8. The predicted octanol–water partition coefficient (Wildman–Crippen LogP) is 2.76. The largest absolute Gasteiger partial charge is 0.495 e. The predicted molar refractivity (Wildman–Crippen MR) is 75.7 cm³/mol. The van der Waals surface area contributed by atoms with Crippen molar-refractivity contribution in [3.63, 3.8) is 0 Å². The molecule has 2 rings (SSSR count). The molecule has 0 aromatic carbocycles. The van der Waals surface area contributed by atoms with E-state index in [1.807, 2.05) is 0 Å².